The Morgan fingerprint density at radius 2 is 2.00 bits per heavy atom. The maximum atomic E-state index is 13.8. The lowest BCUT2D eigenvalue weighted by Gasteiger charge is -2.07. The number of ketones is 1. The maximum Gasteiger partial charge on any atom is 0.197 e. The van der Waals surface area contributed by atoms with Crippen molar-refractivity contribution in [3.63, 3.8) is 0 Å². The van der Waals surface area contributed by atoms with Crippen LogP contribution in [-0.2, 0) is 0 Å². The molecule has 0 saturated carbocycles. The summed E-state index contributed by atoms with van der Waals surface area (Å²) >= 11 is 0. The van der Waals surface area contributed by atoms with Gasteiger partial charge >= 0.3 is 0 Å². The highest BCUT2D eigenvalue weighted by molar-refractivity contribution is 6.09. The number of nitrogens with zero attached hydrogens (tertiary/aromatic N) is 2. The van der Waals surface area contributed by atoms with Gasteiger partial charge in [-0.1, -0.05) is 6.07 Å². The topological polar surface area (TPSA) is 42.9 Å². The zero-order valence-corrected chi connectivity index (χ0v) is 9.57. The Morgan fingerprint density at radius 1 is 1.24 bits per heavy atom. The lowest BCUT2D eigenvalue weighted by molar-refractivity contribution is 0.103. The molecule has 0 aliphatic heterocycles. The molecule has 0 fully saturated rings. The predicted molar refractivity (Wildman–Crippen MR) is 61.3 cm³/mol. The molecular weight excluding hydrogens is 219 g/mol. The summed E-state index contributed by atoms with van der Waals surface area (Å²) in [7, 11) is 0. The minimum Gasteiger partial charge on any atom is -0.288 e. The van der Waals surface area contributed by atoms with Crippen molar-refractivity contribution in [2.45, 2.75) is 13.8 Å². The highest BCUT2D eigenvalue weighted by Crippen LogP contribution is 2.19. The quantitative estimate of drug-likeness (QED) is 0.744. The van der Waals surface area contributed by atoms with E-state index in [1.807, 2.05) is 0 Å². The molecule has 2 rings (SSSR count). The molecule has 4 heteroatoms. The minimum absolute atomic E-state index is 0.101. The van der Waals surface area contributed by atoms with Crippen molar-refractivity contribution in [3.05, 3.63) is 58.7 Å². The van der Waals surface area contributed by atoms with E-state index in [4.69, 9.17) is 0 Å². The maximum absolute atomic E-state index is 13.8. The molecule has 0 N–H and O–H groups in total. The van der Waals surface area contributed by atoms with Crippen molar-refractivity contribution in [1.29, 1.82) is 0 Å². The summed E-state index contributed by atoms with van der Waals surface area (Å²) in [5.74, 6) is -0.862. The molecule has 1 aromatic carbocycles. The molecule has 0 radical (unpaired) electrons. The van der Waals surface area contributed by atoms with Gasteiger partial charge in [0.15, 0.2) is 5.78 Å². The lowest BCUT2D eigenvalue weighted by Crippen LogP contribution is -2.08. The molecule has 0 aliphatic rings. The van der Waals surface area contributed by atoms with Gasteiger partial charge in [0.05, 0.1) is 18.0 Å². The number of halogens is 1. The average Bonchev–Trinajstić information content (AvgIpc) is 2.28. The van der Waals surface area contributed by atoms with E-state index in [9.17, 15) is 9.18 Å². The second kappa shape index (κ2) is 4.41. The van der Waals surface area contributed by atoms with E-state index in [1.165, 1.54) is 24.5 Å². The smallest absolute Gasteiger partial charge is 0.197 e. The number of aromatic nitrogens is 2. The molecule has 86 valence electrons. The van der Waals surface area contributed by atoms with Gasteiger partial charge in [0, 0.05) is 5.56 Å². The van der Waals surface area contributed by atoms with E-state index in [0.717, 1.165) is 5.56 Å². The first-order valence-corrected chi connectivity index (χ1v) is 5.17. The molecule has 0 aliphatic carbocycles. The summed E-state index contributed by atoms with van der Waals surface area (Å²) in [6.07, 6.45) is 2.75. The van der Waals surface area contributed by atoms with E-state index >= 15 is 0 Å². The van der Waals surface area contributed by atoms with Crippen LogP contribution >= 0.6 is 0 Å². The fourth-order valence-electron chi connectivity index (χ4n) is 1.77. The van der Waals surface area contributed by atoms with Crippen LogP contribution in [0.2, 0.25) is 0 Å². The molecule has 0 unspecified atom stereocenters. The van der Waals surface area contributed by atoms with E-state index in [0.29, 0.717) is 11.1 Å². The van der Waals surface area contributed by atoms with Gasteiger partial charge in [-0.15, -0.1) is 0 Å². The zero-order valence-electron chi connectivity index (χ0n) is 9.57. The SMILES string of the molecule is Cc1cc(C)c(C(=O)c2ccnnc2)c(F)c1. The van der Waals surface area contributed by atoms with Crippen molar-refractivity contribution >= 4 is 5.78 Å². The minimum atomic E-state index is -0.496. The predicted octanol–water partition coefficient (Wildman–Crippen LogP) is 2.46. The molecule has 0 spiro atoms. The molecule has 3 nitrogen and oxygen atoms in total. The van der Waals surface area contributed by atoms with Gasteiger partial charge in [-0.2, -0.15) is 10.2 Å². The summed E-state index contributed by atoms with van der Waals surface area (Å²) in [5.41, 5.74) is 1.86. The van der Waals surface area contributed by atoms with E-state index in [-0.39, 0.29) is 11.3 Å². The van der Waals surface area contributed by atoms with Crippen molar-refractivity contribution in [2.24, 2.45) is 0 Å². The van der Waals surface area contributed by atoms with Crippen LogP contribution in [0, 0.1) is 19.7 Å². The van der Waals surface area contributed by atoms with Crippen LogP contribution in [0.15, 0.2) is 30.6 Å². The van der Waals surface area contributed by atoms with Gasteiger partial charge in [0.1, 0.15) is 5.82 Å². The van der Waals surface area contributed by atoms with E-state index < -0.39 is 5.82 Å². The Balaban J connectivity index is 2.52. The third kappa shape index (κ3) is 2.20. The van der Waals surface area contributed by atoms with Crippen LogP contribution in [0.1, 0.15) is 27.0 Å². The third-order valence-corrected chi connectivity index (χ3v) is 2.51. The van der Waals surface area contributed by atoms with Crippen molar-refractivity contribution < 1.29 is 9.18 Å². The number of hydrogen-bond donors (Lipinski definition) is 0. The summed E-state index contributed by atoms with van der Waals surface area (Å²) in [6.45, 7) is 3.51. The first-order chi connectivity index (χ1) is 8.09. The van der Waals surface area contributed by atoms with Crippen molar-refractivity contribution in [3.8, 4) is 0 Å². The van der Waals surface area contributed by atoms with Gasteiger partial charge in [0.25, 0.3) is 0 Å². The molecule has 0 saturated heterocycles. The van der Waals surface area contributed by atoms with Crippen LogP contribution in [0.5, 0.6) is 0 Å². The van der Waals surface area contributed by atoms with Crippen LogP contribution in [-0.4, -0.2) is 16.0 Å². The van der Waals surface area contributed by atoms with Gasteiger partial charge < -0.3 is 0 Å². The summed E-state index contributed by atoms with van der Waals surface area (Å²) in [4.78, 5) is 12.1. The Hall–Kier alpha value is -2.10. The van der Waals surface area contributed by atoms with Gasteiger partial charge in [-0.3, -0.25) is 4.79 Å². The number of carbonyl (C=O) groups is 1. The zero-order chi connectivity index (χ0) is 12.4. The number of aryl methyl sites for hydroxylation is 2. The monoisotopic (exact) mass is 230 g/mol. The van der Waals surface area contributed by atoms with Crippen LogP contribution in [0.4, 0.5) is 4.39 Å². The third-order valence-electron chi connectivity index (χ3n) is 2.51. The number of carbonyl (C=O) groups excluding carboxylic acids is 1. The van der Waals surface area contributed by atoms with E-state index in [1.54, 1.807) is 19.9 Å². The first kappa shape index (κ1) is 11.4. The fraction of sp³-hybridized carbons (Fsp3) is 0.154. The largest absolute Gasteiger partial charge is 0.288 e. The number of benzene rings is 1. The highest BCUT2D eigenvalue weighted by Gasteiger charge is 2.17. The Labute approximate surface area is 98.3 Å². The molecule has 2 aromatic rings. The Morgan fingerprint density at radius 3 is 2.59 bits per heavy atom. The molecule has 1 aromatic heterocycles. The molecule has 0 amide bonds. The second-order valence-corrected chi connectivity index (χ2v) is 3.90. The van der Waals surface area contributed by atoms with Crippen LogP contribution in [0.25, 0.3) is 0 Å². The molecule has 0 atom stereocenters. The number of hydrogen-bond acceptors (Lipinski definition) is 3. The Bertz CT molecular complexity index is 544. The van der Waals surface area contributed by atoms with Crippen molar-refractivity contribution in [1.82, 2.24) is 10.2 Å². The second-order valence-electron chi connectivity index (χ2n) is 3.90. The molecule has 0 bridgehead atoms. The van der Waals surface area contributed by atoms with Gasteiger partial charge in [0.2, 0.25) is 0 Å². The van der Waals surface area contributed by atoms with Gasteiger partial charge in [-0.05, 0) is 37.1 Å². The normalized spacial score (nSPS) is 10.3. The van der Waals surface area contributed by atoms with E-state index in [2.05, 4.69) is 10.2 Å². The first-order valence-electron chi connectivity index (χ1n) is 5.17. The fourth-order valence-corrected chi connectivity index (χ4v) is 1.77. The summed E-state index contributed by atoms with van der Waals surface area (Å²) < 4.78 is 13.8. The Kier molecular flexibility index (Phi) is 2.95. The molecule has 17 heavy (non-hydrogen) atoms. The number of rotatable bonds is 2. The average molecular weight is 230 g/mol. The van der Waals surface area contributed by atoms with Crippen LogP contribution in [0.3, 0.4) is 0 Å². The van der Waals surface area contributed by atoms with Gasteiger partial charge in [-0.25, -0.2) is 4.39 Å². The molecule has 1 heterocycles. The highest BCUT2D eigenvalue weighted by atomic mass is 19.1. The lowest BCUT2D eigenvalue weighted by atomic mass is 9.98. The standard InChI is InChI=1S/C13H11FN2O/c1-8-5-9(2)12(11(14)6-8)13(17)10-3-4-15-16-7-10/h3-7H,1-2H3. The van der Waals surface area contributed by atoms with Crippen molar-refractivity contribution in [2.75, 3.05) is 0 Å². The summed E-state index contributed by atoms with van der Waals surface area (Å²) in [5, 5.41) is 7.20. The summed E-state index contributed by atoms with van der Waals surface area (Å²) in [6, 6.07) is 4.66. The molecular formula is C13H11FN2O. The van der Waals surface area contributed by atoms with Crippen LogP contribution < -0.4 is 0 Å².